The molecule has 109 valence electrons. The molecule has 0 aliphatic rings. The number of rotatable bonds is 6. The van der Waals surface area contributed by atoms with E-state index in [1.807, 2.05) is 24.3 Å². The maximum absolute atomic E-state index is 12.4. The molecule has 0 bridgehead atoms. The van der Waals surface area contributed by atoms with Gasteiger partial charge in [-0.15, -0.1) is 0 Å². The average Bonchev–Trinajstić information content (AvgIpc) is 2.47. The first-order chi connectivity index (χ1) is 10.1. The van der Waals surface area contributed by atoms with Gasteiger partial charge in [0.15, 0.2) is 0 Å². The summed E-state index contributed by atoms with van der Waals surface area (Å²) in [5, 5.41) is 3.01. The summed E-state index contributed by atoms with van der Waals surface area (Å²) in [6.45, 7) is 1.00. The van der Waals surface area contributed by atoms with Gasteiger partial charge in [-0.25, -0.2) is 0 Å². The molecular formula is C15H14BF3NO. The molecule has 0 saturated carbocycles. The Hall–Kier alpha value is -1.95. The van der Waals surface area contributed by atoms with E-state index in [4.69, 9.17) is 4.65 Å². The van der Waals surface area contributed by atoms with Crippen LogP contribution in [0.1, 0.15) is 5.56 Å². The normalized spacial score (nSPS) is 11.2. The van der Waals surface area contributed by atoms with Crippen molar-refractivity contribution in [1.82, 2.24) is 0 Å². The molecule has 0 unspecified atom stereocenters. The van der Waals surface area contributed by atoms with Gasteiger partial charge in [0.1, 0.15) is 0 Å². The van der Waals surface area contributed by atoms with Gasteiger partial charge in [-0.3, -0.25) is 0 Å². The lowest BCUT2D eigenvalue weighted by molar-refractivity contribution is -0.137. The molecule has 0 atom stereocenters. The van der Waals surface area contributed by atoms with E-state index < -0.39 is 11.7 Å². The summed E-state index contributed by atoms with van der Waals surface area (Å²) in [7, 11) is 0.503. The van der Waals surface area contributed by atoms with Gasteiger partial charge in [0, 0.05) is 18.8 Å². The largest absolute Gasteiger partial charge is 0.433 e. The molecule has 0 fully saturated rings. The van der Waals surface area contributed by atoms with Crippen molar-refractivity contribution in [2.24, 2.45) is 0 Å². The molecule has 0 aliphatic carbocycles. The Morgan fingerprint density at radius 1 is 1.05 bits per heavy atom. The lowest BCUT2D eigenvalue weighted by Crippen LogP contribution is -2.20. The number of nitrogens with one attached hydrogen (secondary N) is 1. The minimum absolute atomic E-state index is 0.472. The van der Waals surface area contributed by atoms with Gasteiger partial charge in [0.25, 0.3) is 0 Å². The molecule has 1 radical (unpaired) electrons. The maximum Gasteiger partial charge on any atom is 0.416 e. The Morgan fingerprint density at radius 2 is 1.71 bits per heavy atom. The lowest BCUT2D eigenvalue weighted by Gasteiger charge is -2.09. The van der Waals surface area contributed by atoms with Gasteiger partial charge in [-0.2, -0.15) is 13.2 Å². The summed E-state index contributed by atoms with van der Waals surface area (Å²) in [6, 6.07) is 15.3. The molecular weight excluding hydrogens is 278 g/mol. The second-order valence-electron chi connectivity index (χ2n) is 4.46. The number of halogens is 3. The number of hydrogen-bond acceptors (Lipinski definition) is 2. The van der Waals surface area contributed by atoms with Gasteiger partial charge in [-0.1, -0.05) is 29.7 Å². The van der Waals surface area contributed by atoms with Crippen LogP contribution < -0.4 is 10.8 Å². The van der Waals surface area contributed by atoms with Crippen molar-refractivity contribution in [3.8, 4) is 0 Å². The van der Waals surface area contributed by atoms with Crippen molar-refractivity contribution in [3.63, 3.8) is 0 Å². The fourth-order valence-electron chi connectivity index (χ4n) is 1.75. The summed E-state index contributed by atoms with van der Waals surface area (Å²) in [5.41, 5.74) is 1.05. The number of benzene rings is 2. The molecule has 1 N–H and O–H groups in total. The zero-order valence-electron chi connectivity index (χ0n) is 11.3. The van der Waals surface area contributed by atoms with Crippen molar-refractivity contribution in [2.75, 3.05) is 18.5 Å². The van der Waals surface area contributed by atoms with E-state index in [2.05, 4.69) is 11.4 Å². The van der Waals surface area contributed by atoms with Crippen LogP contribution in [0, 0.1) is 6.07 Å². The molecule has 0 aliphatic heterocycles. The third-order valence-electron chi connectivity index (χ3n) is 2.84. The van der Waals surface area contributed by atoms with Gasteiger partial charge >= 0.3 is 13.7 Å². The molecule has 0 amide bonds. The number of hydrogen-bond donors (Lipinski definition) is 1. The number of anilines is 1. The third kappa shape index (κ3) is 5.15. The van der Waals surface area contributed by atoms with Crippen molar-refractivity contribution < 1.29 is 17.8 Å². The minimum atomic E-state index is -4.30. The predicted octanol–water partition coefficient (Wildman–Crippen LogP) is 2.61. The van der Waals surface area contributed by atoms with Crippen LogP contribution in [0.4, 0.5) is 18.9 Å². The van der Waals surface area contributed by atoms with E-state index in [1.165, 1.54) is 12.1 Å². The molecule has 6 heteroatoms. The second-order valence-corrected chi connectivity index (χ2v) is 4.46. The van der Waals surface area contributed by atoms with Crippen molar-refractivity contribution >= 4 is 18.6 Å². The lowest BCUT2D eigenvalue weighted by atomic mass is 9.88. The van der Waals surface area contributed by atoms with Crippen LogP contribution in [0.25, 0.3) is 0 Å². The number of alkyl halides is 3. The van der Waals surface area contributed by atoms with Crippen LogP contribution in [-0.4, -0.2) is 20.6 Å². The first-order valence-electron chi connectivity index (χ1n) is 6.49. The molecule has 0 saturated heterocycles. The second kappa shape index (κ2) is 7.17. The first-order valence-corrected chi connectivity index (χ1v) is 6.49. The van der Waals surface area contributed by atoms with Crippen molar-refractivity contribution in [2.45, 2.75) is 6.18 Å². The molecule has 2 aromatic carbocycles. The van der Waals surface area contributed by atoms with E-state index in [0.29, 0.717) is 26.3 Å². The summed E-state index contributed by atoms with van der Waals surface area (Å²) in [5.74, 6) is 0. The predicted molar refractivity (Wildman–Crippen MR) is 77.9 cm³/mol. The van der Waals surface area contributed by atoms with Crippen LogP contribution in [0.15, 0.2) is 48.5 Å². The fourth-order valence-corrected chi connectivity index (χ4v) is 1.75. The highest BCUT2D eigenvalue weighted by Gasteiger charge is 2.29. The SMILES string of the molecule is FC(F)(F)c1ccc(NCCOBc2cc[c]cc2)cc1. The average molecular weight is 292 g/mol. The monoisotopic (exact) mass is 292 g/mol. The van der Waals surface area contributed by atoms with Crippen LogP contribution in [0.5, 0.6) is 0 Å². The van der Waals surface area contributed by atoms with Crippen LogP contribution >= 0.6 is 0 Å². The highest BCUT2D eigenvalue weighted by molar-refractivity contribution is 6.46. The third-order valence-corrected chi connectivity index (χ3v) is 2.84. The highest BCUT2D eigenvalue weighted by atomic mass is 19.4. The quantitative estimate of drug-likeness (QED) is 0.653. The fraction of sp³-hybridized carbons (Fsp3) is 0.200. The van der Waals surface area contributed by atoms with Gasteiger partial charge in [0.2, 0.25) is 0 Å². The highest BCUT2D eigenvalue weighted by Crippen LogP contribution is 2.29. The Balaban J connectivity index is 1.69. The van der Waals surface area contributed by atoms with E-state index in [9.17, 15) is 13.2 Å². The summed E-state index contributed by atoms with van der Waals surface area (Å²) >= 11 is 0. The van der Waals surface area contributed by atoms with Crippen molar-refractivity contribution in [3.05, 3.63) is 60.2 Å². The van der Waals surface area contributed by atoms with Gasteiger partial charge in [0.05, 0.1) is 5.56 Å². The van der Waals surface area contributed by atoms with E-state index >= 15 is 0 Å². The van der Waals surface area contributed by atoms with Crippen LogP contribution in [0.2, 0.25) is 0 Å². The molecule has 0 aromatic heterocycles. The maximum atomic E-state index is 12.4. The Labute approximate surface area is 122 Å². The van der Waals surface area contributed by atoms with E-state index in [1.54, 1.807) is 0 Å². The smallest absolute Gasteiger partial charge is 0.416 e. The Kier molecular flexibility index (Phi) is 5.28. The molecule has 0 spiro atoms. The summed E-state index contributed by atoms with van der Waals surface area (Å²) in [4.78, 5) is 0. The summed E-state index contributed by atoms with van der Waals surface area (Å²) in [6.07, 6.45) is -4.30. The topological polar surface area (TPSA) is 21.3 Å². The Bertz CT molecular complexity index is 543. The zero-order chi connectivity index (χ0) is 15.1. The standard InChI is InChI=1S/C15H14BF3NO/c17-15(18,19)12-6-8-14(9-7-12)20-10-11-21-16-13-4-2-1-3-5-13/h2-9,16,20H,10-11H2. The Morgan fingerprint density at radius 3 is 2.33 bits per heavy atom. The summed E-state index contributed by atoms with van der Waals surface area (Å²) < 4.78 is 42.6. The van der Waals surface area contributed by atoms with Crippen LogP contribution in [0.3, 0.4) is 0 Å². The van der Waals surface area contributed by atoms with Gasteiger partial charge < -0.3 is 9.97 Å². The van der Waals surface area contributed by atoms with Crippen molar-refractivity contribution in [1.29, 1.82) is 0 Å². The van der Waals surface area contributed by atoms with Gasteiger partial charge in [-0.05, 0) is 30.3 Å². The molecule has 0 heterocycles. The van der Waals surface area contributed by atoms with E-state index in [-0.39, 0.29) is 0 Å². The molecule has 2 nitrogen and oxygen atoms in total. The molecule has 2 aromatic rings. The zero-order valence-corrected chi connectivity index (χ0v) is 11.3. The minimum Gasteiger partial charge on any atom is -0.433 e. The molecule has 2 rings (SSSR count). The van der Waals surface area contributed by atoms with E-state index in [0.717, 1.165) is 17.6 Å². The molecule has 21 heavy (non-hydrogen) atoms. The van der Waals surface area contributed by atoms with Crippen LogP contribution in [-0.2, 0) is 10.8 Å². The first kappa shape index (κ1) is 15.4.